The minimum Gasteiger partial charge on any atom is -0.481 e. The van der Waals surface area contributed by atoms with Crippen LogP contribution in [-0.4, -0.2) is 16.1 Å². The zero-order valence-corrected chi connectivity index (χ0v) is 11.3. The smallest absolute Gasteiger partial charge is 0.335 e. The Labute approximate surface area is 117 Å². The van der Waals surface area contributed by atoms with Crippen LogP contribution in [0.25, 0.3) is 0 Å². The molecule has 2 aromatic rings. The highest BCUT2D eigenvalue weighted by Crippen LogP contribution is 2.31. The zero-order chi connectivity index (χ0) is 14.8. The maximum Gasteiger partial charge on any atom is 0.335 e. The fourth-order valence-corrected chi connectivity index (χ4v) is 1.86. The van der Waals surface area contributed by atoms with E-state index in [4.69, 9.17) is 15.6 Å². The molecule has 5 heteroatoms. The lowest BCUT2D eigenvalue weighted by molar-refractivity contribution is 0.0697. The van der Waals surface area contributed by atoms with Gasteiger partial charge in [0.05, 0.1) is 11.3 Å². The average Bonchev–Trinajstić information content (AvgIpc) is 2.41. The average molecular weight is 272 g/mol. The molecule has 0 atom stereocenters. The number of rotatable bonds is 4. The molecule has 1 aromatic heterocycles. The number of aromatic nitrogens is 1. The van der Waals surface area contributed by atoms with E-state index in [1.807, 2.05) is 26.0 Å². The van der Waals surface area contributed by atoms with Gasteiger partial charge in [-0.25, -0.2) is 4.79 Å². The van der Waals surface area contributed by atoms with E-state index < -0.39 is 11.6 Å². The number of anilines is 1. The molecule has 0 aliphatic rings. The van der Waals surface area contributed by atoms with Crippen molar-refractivity contribution in [2.24, 2.45) is 0 Å². The van der Waals surface area contributed by atoms with Crippen molar-refractivity contribution in [2.45, 2.75) is 19.4 Å². The molecule has 0 aliphatic carbocycles. The van der Waals surface area contributed by atoms with E-state index >= 15 is 0 Å². The van der Waals surface area contributed by atoms with Gasteiger partial charge in [-0.3, -0.25) is 4.98 Å². The van der Waals surface area contributed by atoms with E-state index in [2.05, 4.69) is 4.98 Å². The SMILES string of the molecule is CC(C)(Oc1ccc(C(=O)O)cc1N)c1ccncc1. The van der Waals surface area contributed by atoms with E-state index in [0.29, 0.717) is 11.4 Å². The molecule has 104 valence electrons. The van der Waals surface area contributed by atoms with Crippen molar-refractivity contribution in [1.82, 2.24) is 4.98 Å². The zero-order valence-electron chi connectivity index (χ0n) is 11.3. The van der Waals surface area contributed by atoms with Gasteiger partial charge >= 0.3 is 5.97 Å². The van der Waals surface area contributed by atoms with Gasteiger partial charge in [0.25, 0.3) is 0 Å². The number of carboxylic acids is 1. The monoisotopic (exact) mass is 272 g/mol. The van der Waals surface area contributed by atoms with Gasteiger partial charge in [-0.05, 0) is 49.7 Å². The molecule has 5 nitrogen and oxygen atoms in total. The molecule has 0 fully saturated rings. The fraction of sp³-hybridized carbons (Fsp3) is 0.200. The van der Waals surface area contributed by atoms with Crippen LogP contribution < -0.4 is 10.5 Å². The summed E-state index contributed by atoms with van der Waals surface area (Å²) in [6.07, 6.45) is 3.38. The second-order valence-corrected chi connectivity index (χ2v) is 4.91. The van der Waals surface area contributed by atoms with Gasteiger partial charge in [0, 0.05) is 12.4 Å². The van der Waals surface area contributed by atoms with Crippen molar-refractivity contribution in [3.63, 3.8) is 0 Å². The molecule has 0 saturated carbocycles. The van der Waals surface area contributed by atoms with Gasteiger partial charge in [0.15, 0.2) is 0 Å². The number of hydrogen-bond acceptors (Lipinski definition) is 4. The van der Waals surface area contributed by atoms with Gasteiger partial charge in [0.1, 0.15) is 11.4 Å². The normalized spacial score (nSPS) is 11.1. The van der Waals surface area contributed by atoms with Crippen molar-refractivity contribution in [3.8, 4) is 5.75 Å². The number of pyridine rings is 1. The lowest BCUT2D eigenvalue weighted by Crippen LogP contribution is -2.25. The molecule has 0 spiro atoms. The number of benzene rings is 1. The highest BCUT2D eigenvalue weighted by atomic mass is 16.5. The van der Waals surface area contributed by atoms with Gasteiger partial charge < -0.3 is 15.6 Å². The largest absolute Gasteiger partial charge is 0.481 e. The van der Waals surface area contributed by atoms with E-state index in [-0.39, 0.29) is 5.56 Å². The third-order valence-electron chi connectivity index (χ3n) is 3.00. The maximum absolute atomic E-state index is 10.9. The van der Waals surface area contributed by atoms with Gasteiger partial charge in [-0.1, -0.05) is 0 Å². The number of hydrogen-bond donors (Lipinski definition) is 2. The van der Waals surface area contributed by atoms with Gasteiger partial charge in [-0.2, -0.15) is 0 Å². The van der Waals surface area contributed by atoms with Crippen molar-refractivity contribution in [1.29, 1.82) is 0 Å². The molecular weight excluding hydrogens is 256 g/mol. The third-order valence-corrected chi connectivity index (χ3v) is 3.00. The number of nitrogens with zero attached hydrogens (tertiary/aromatic N) is 1. The Bertz CT molecular complexity index is 624. The molecule has 0 bridgehead atoms. The number of nitrogen functional groups attached to an aromatic ring is 1. The summed E-state index contributed by atoms with van der Waals surface area (Å²) < 4.78 is 5.91. The summed E-state index contributed by atoms with van der Waals surface area (Å²) >= 11 is 0. The summed E-state index contributed by atoms with van der Waals surface area (Å²) in [6, 6.07) is 8.16. The third kappa shape index (κ3) is 2.88. The van der Waals surface area contributed by atoms with Crippen LogP contribution in [0.5, 0.6) is 5.75 Å². The summed E-state index contributed by atoms with van der Waals surface area (Å²) in [4.78, 5) is 14.8. The van der Waals surface area contributed by atoms with Gasteiger partial charge in [0.2, 0.25) is 0 Å². The van der Waals surface area contributed by atoms with Crippen LogP contribution in [0.15, 0.2) is 42.7 Å². The summed E-state index contributed by atoms with van der Waals surface area (Å²) in [5.74, 6) is -0.562. The van der Waals surface area contributed by atoms with E-state index in [1.165, 1.54) is 12.1 Å². The predicted octanol–water partition coefficient (Wildman–Crippen LogP) is 2.68. The first-order chi connectivity index (χ1) is 9.40. The Hall–Kier alpha value is -2.56. The standard InChI is InChI=1S/C15H16N2O3/c1-15(2,11-5-7-17-8-6-11)20-13-4-3-10(14(18)19)9-12(13)16/h3-9H,16H2,1-2H3,(H,18,19). The van der Waals surface area contributed by atoms with Crippen molar-refractivity contribution >= 4 is 11.7 Å². The summed E-state index contributed by atoms with van der Waals surface area (Å²) in [5.41, 5.74) is 6.64. The maximum atomic E-state index is 10.9. The summed E-state index contributed by atoms with van der Waals surface area (Å²) in [5, 5.41) is 8.91. The molecular formula is C15H16N2O3. The van der Waals surface area contributed by atoms with Crippen LogP contribution in [0.2, 0.25) is 0 Å². The molecule has 0 radical (unpaired) electrons. The van der Waals surface area contributed by atoms with E-state index in [0.717, 1.165) is 5.56 Å². The minimum absolute atomic E-state index is 0.136. The Morgan fingerprint density at radius 3 is 2.45 bits per heavy atom. The first-order valence-corrected chi connectivity index (χ1v) is 6.12. The highest BCUT2D eigenvalue weighted by molar-refractivity contribution is 5.89. The molecule has 2 rings (SSSR count). The number of ether oxygens (including phenoxy) is 1. The molecule has 3 N–H and O–H groups in total. The van der Waals surface area contributed by atoms with Crippen LogP contribution in [-0.2, 0) is 5.60 Å². The van der Waals surface area contributed by atoms with E-state index in [1.54, 1.807) is 18.5 Å². The second-order valence-electron chi connectivity index (χ2n) is 4.91. The van der Waals surface area contributed by atoms with E-state index in [9.17, 15) is 4.79 Å². The number of carbonyl (C=O) groups is 1. The Morgan fingerprint density at radius 1 is 1.25 bits per heavy atom. The molecule has 0 unspecified atom stereocenters. The first kappa shape index (κ1) is 13.9. The van der Waals surface area contributed by atoms with Gasteiger partial charge in [-0.15, -0.1) is 0 Å². The fourth-order valence-electron chi connectivity index (χ4n) is 1.86. The minimum atomic E-state index is -1.02. The number of aromatic carboxylic acids is 1. The quantitative estimate of drug-likeness (QED) is 0.836. The second kappa shape index (κ2) is 5.21. The van der Waals surface area contributed by atoms with Crippen LogP contribution in [0.1, 0.15) is 29.8 Å². The first-order valence-electron chi connectivity index (χ1n) is 6.12. The Morgan fingerprint density at radius 2 is 1.90 bits per heavy atom. The lowest BCUT2D eigenvalue weighted by Gasteiger charge is -2.27. The number of carboxylic acid groups (broad SMARTS) is 1. The molecule has 0 aliphatic heterocycles. The predicted molar refractivity (Wildman–Crippen MR) is 75.7 cm³/mol. The van der Waals surface area contributed by atoms with Crippen molar-refractivity contribution < 1.29 is 14.6 Å². The Balaban J connectivity index is 2.28. The molecule has 0 saturated heterocycles. The Kier molecular flexibility index (Phi) is 3.61. The van der Waals surface area contributed by atoms with Crippen LogP contribution in [0.4, 0.5) is 5.69 Å². The summed E-state index contributed by atoms with van der Waals surface area (Å²) in [7, 11) is 0. The molecule has 1 heterocycles. The lowest BCUT2D eigenvalue weighted by atomic mass is 9.99. The van der Waals surface area contributed by atoms with Crippen molar-refractivity contribution in [2.75, 3.05) is 5.73 Å². The van der Waals surface area contributed by atoms with Crippen LogP contribution in [0, 0.1) is 0 Å². The highest BCUT2D eigenvalue weighted by Gasteiger charge is 2.23. The molecule has 20 heavy (non-hydrogen) atoms. The number of nitrogens with two attached hydrogens (primary N) is 1. The van der Waals surface area contributed by atoms with Crippen molar-refractivity contribution in [3.05, 3.63) is 53.9 Å². The molecule has 0 amide bonds. The molecule has 1 aromatic carbocycles. The summed E-state index contributed by atoms with van der Waals surface area (Å²) in [6.45, 7) is 3.82. The van der Waals surface area contributed by atoms with Crippen LogP contribution >= 0.6 is 0 Å². The topological polar surface area (TPSA) is 85.4 Å². The van der Waals surface area contributed by atoms with Crippen LogP contribution in [0.3, 0.4) is 0 Å².